The Balaban J connectivity index is 2.12. The minimum absolute atomic E-state index is 0.0394. The fourth-order valence-corrected chi connectivity index (χ4v) is 2.22. The average Bonchev–Trinajstić information content (AvgIpc) is 2.46. The van der Waals surface area contributed by atoms with E-state index in [0.717, 1.165) is 0 Å². The van der Waals surface area contributed by atoms with Gasteiger partial charge in [-0.2, -0.15) is 5.26 Å². The van der Waals surface area contributed by atoms with Gasteiger partial charge in [0, 0.05) is 25.1 Å². The summed E-state index contributed by atoms with van der Waals surface area (Å²) >= 11 is 0. The smallest absolute Gasteiger partial charge is 0.256 e. The quantitative estimate of drug-likeness (QED) is 0.895. The third-order valence-electron chi connectivity index (χ3n) is 3.52. The van der Waals surface area contributed by atoms with E-state index < -0.39 is 24.9 Å². The summed E-state index contributed by atoms with van der Waals surface area (Å²) < 4.78 is 26.9. The summed E-state index contributed by atoms with van der Waals surface area (Å²) in [5, 5.41) is 17.7. The van der Waals surface area contributed by atoms with Gasteiger partial charge in [-0.25, -0.2) is 8.78 Å². The molecule has 1 amide bonds. The highest BCUT2D eigenvalue weighted by molar-refractivity contribution is 5.94. The van der Waals surface area contributed by atoms with Crippen molar-refractivity contribution < 1.29 is 18.7 Å². The molecule has 20 heavy (non-hydrogen) atoms. The minimum Gasteiger partial charge on any atom is -0.396 e. The van der Waals surface area contributed by atoms with Crippen molar-refractivity contribution in [2.45, 2.75) is 12.3 Å². The lowest BCUT2D eigenvalue weighted by atomic mass is 9.94. The Kier molecular flexibility index (Phi) is 4.00. The molecule has 4 nitrogen and oxygen atoms in total. The van der Waals surface area contributed by atoms with Gasteiger partial charge >= 0.3 is 0 Å². The molecule has 106 valence electrons. The van der Waals surface area contributed by atoms with Crippen LogP contribution in [0.4, 0.5) is 8.78 Å². The number of rotatable bonds is 2. The van der Waals surface area contributed by atoms with E-state index in [1.807, 2.05) is 6.07 Å². The molecule has 1 aliphatic rings. The van der Waals surface area contributed by atoms with Gasteiger partial charge in [0.2, 0.25) is 0 Å². The number of aliphatic hydroxyl groups excluding tert-OH is 1. The highest BCUT2D eigenvalue weighted by Crippen LogP contribution is 2.33. The van der Waals surface area contributed by atoms with Gasteiger partial charge in [0.15, 0.2) is 0 Å². The van der Waals surface area contributed by atoms with Crippen molar-refractivity contribution in [3.8, 4) is 6.07 Å². The molecule has 0 radical (unpaired) electrons. The van der Waals surface area contributed by atoms with Gasteiger partial charge in [0.05, 0.1) is 24.2 Å². The van der Waals surface area contributed by atoms with E-state index in [0.29, 0.717) is 11.1 Å². The number of halogens is 2. The number of hydrogen-bond donors (Lipinski definition) is 1. The monoisotopic (exact) mass is 280 g/mol. The first-order valence-corrected chi connectivity index (χ1v) is 6.26. The van der Waals surface area contributed by atoms with Crippen LogP contribution in [0.1, 0.15) is 22.3 Å². The molecule has 0 spiro atoms. The first kappa shape index (κ1) is 14.4. The maximum Gasteiger partial charge on any atom is 0.256 e. The molecule has 1 aliphatic heterocycles. The van der Waals surface area contributed by atoms with Crippen molar-refractivity contribution in [3.05, 3.63) is 35.4 Å². The predicted molar refractivity (Wildman–Crippen MR) is 67.2 cm³/mol. The molecule has 1 unspecified atom stereocenters. The topological polar surface area (TPSA) is 64.3 Å². The number of likely N-dealkylation sites (tertiary alicyclic amines) is 1. The van der Waals surface area contributed by atoms with Gasteiger partial charge in [0.25, 0.3) is 11.8 Å². The Morgan fingerprint density at radius 2 is 2.10 bits per heavy atom. The van der Waals surface area contributed by atoms with Crippen molar-refractivity contribution in [1.29, 1.82) is 5.26 Å². The zero-order valence-electron chi connectivity index (χ0n) is 10.7. The third-order valence-corrected chi connectivity index (χ3v) is 3.52. The van der Waals surface area contributed by atoms with Crippen LogP contribution in [0.25, 0.3) is 0 Å². The zero-order chi connectivity index (χ0) is 14.8. The average molecular weight is 280 g/mol. The van der Waals surface area contributed by atoms with E-state index in [1.165, 1.54) is 29.2 Å². The second-order valence-corrected chi connectivity index (χ2v) is 4.83. The number of nitriles is 1. The number of carbonyl (C=O) groups is 1. The first-order valence-electron chi connectivity index (χ1n) is 6.26. The van der Waals surface area contributed by atoms with Crippen LogP contribution in [0.2, 0.25) is 0 Å². The molecule has 6 heteroatoms. The molecule has 1 aromatic carbocycles. The van der Waals surface area contributed by atoms with Crippen LogP contribution in [0.15, 0.2) is 24.3 Å². The molecule has 0 aliphatic carbocycles. The van der Waals surface area contributed by atoms with Crippen LogP contribution in [-0.2, 0) is 0 Å². The fraction of sp³-hybridized carbons (Fsp3) is 0.429. The predicted octanol–water partition coefficient (Wildman–Crippen LogP) is 1.65. The van der Waals surface area contributed by atoms with Gasteiger partial charge in [-0.1, -0.05) is 0 Å². The summed E-state index contributed by atoms with van der Waals surface area (Å²) in [5.74, 6) is -4.52. The summed E-state index contributed by atoms with van der Waals surface area (Å²) in [6.07, 6.45) is -0.444. The highest BCUT2D eigenvalue weighted by atomic mass is 19.3. The van der Waals surface area contributed by atoms with Gasteiger partial charge in [0.1, 0.15) is 0 Å². The van der Waals surface area contributed by atoms with Crippen molar-refractivity contribution in [1.82, 2.24) is 4.90 Å². The number of hydrogen-bond acceptors (Lipinski definition) is 3. The lowest BCUT2D eigenvalue weighted by Gasteiger charge is -2.37. The molecule has 1 fully saturated rings. The summed E-state index contributed by atoms with van der Waals surface area (Å²) in [4.78, 5) is 13.5. The summed E-state index contributed by atoms with van der Waals surface area (Å²) in [5.41, 5.74) is 0.783. The number of alkyl halides is 2. The van der Waals surface area contributed by atoms with E-state index in [2.05, 4.69) is 0 Å². The normalized spacial score (nSPS) is 21.3. The molecule has 1 N–H and O–H groups in total. The van der Waals surface area contributed by atoms with Crippen LogP contribution in [0.5, 0.6) is 0 Å². The van der Waals surface area contributed by atoms with E-state index >= 15 is 0 Å². The lowest BCUT2D eigenvalue weighted by molar-refractivity contribution is -0.113. The number of benzene rings is 1. The highest BCUT2D eigenvalue weighted by Gasteiger charge is 2.44. The number of piperidine rings is 1. The Labute approximate surface area is 115 Å². The molecular formula is C14H14F2N2O2. The van der Waals surface area contributed by atoms with E-state index in [-0.39, 0.29) is 19.0 Å². The van der Waals surface area contributed by atoms with Gasteiger partial charge in [-0.15, -0.1) is 0 Å². The first-order chi connectivity index (χ1) is 9.47. The maximum absolute atomic E-state index is 13.5. The van der Waals surface area contributed by atoms with Crippen LogP contribution >= 0.6 is 0 Å². The number of nitrogens with zero attached hydrogens (tertiary/aromatic N) is 2. The van der Waals surface area contributed by atoms with Crippen molar-refractivity contribution in [2.75, 3.05) is 19.7 Å². The fourth-order valence-electron chi connectivity index (χ4n) is 2.22. The van der Waals surface area contributed by atoms with Gasteiger partial charge in [-0.3, -0.25) is 4.79 Å². The molecule has 0 bridgehead atoms. The van der Waals surface area contributed by atoms with Crippen LogP contribution in [0.3, 0.4) is 0 Å². The summed E-state index contributed by atoms with van der Waals surface area (Å²) in [7, 11) is 0. The summed E-state index contributed by atoms with van der Waals surface area (Å²) in [6, 6.07) is 7.96. The zero-order valence-corrected chi connectivity index (χ0v) is 10.7. The van der Waals surface area contributed by atoms with Crippen LogP contribution < -0.4 is 0 Å². The molecule has 0 saturated carbocycles. The molecule has 1 heterocycles. The largest absolute Gasteiger partial charge is 0.396 e. The molecule has 1 aromatic rings. The van der Waals surface area contributed by atoms with Crippen molar-refractivity contribution >= 4 is 5.91 Å². The second kappa shape index (κ2) is 5.55. The Morgan fingerprint density at radius 1 is 1.45 bits per heavy atom. The van der Waals surface area contributed by atoms with E-state index in [9.17, 15) is 13.6 Å². The Morgan fingerprint density at radius 3 is 2.65 bits per heavy atom. The van der Waals surface area contributed by atoms with E-state index in [1.54, 1.807) is 0 Å². The third kappa shape index (κ3) is 2.78. The molecule has 2 rings (SSSR count). The summed E-state index contributed by atoms with van der Waals surface area (Å²) in [6.45, 7) is -0.852. The van der Waals surface area contributed by atoms with Gasteiger partial charge < -0.3 is 10.0 Å². The SMILES string of the molecule is N#Cc1ccc(C(=O)N2CCC(F)(F)C(CO)C2)cc1. The molecule has 0 aromatic heterocycles. The van der Waals surface area contributed by atoms with Crippen molar-refractivity contribution in [2.24, 2.45) is 5.92 Å². The minimum atomic E-state index is -2.93. The molecular weight excluding hydrogens is 266 g/mol. The van der Waals surface area contributed by atoms with Crippen molar-refractivity contribution in [3.63, 3.8) is 0 Å². The Bertz CT molecular complexity index is 537. The lowest BCUT2D eigenvalue weighted by Crippen LogP contribution is -2.50. The Hall–Kier alpha value is -2.00. The van der Waals surface area contributed by atoms with Gasteiger partial charge in [-0.05, 0) is 24.3 Å². The van der Waals surface area contributed by atoms with Crippen LogP contribution in [-0.4, -0.2) is 41.5 Å². The molecule has 1 saturated heterocycles. The second-order valence-electron chi connectivity index (χ2n) is 4.83. The number of amides is 1. The molecule has 1 atom stereocenters. The van der Waals surface area contributed by atoms with E-state index in [4.69, 9.17) is 10.4 Å². The number of aliphatic hydroxyl groups is 1. The maximum atomic E-state index is 13.5. The number of carbonyl (C=O) groups excluding carboxylic acids is 1. The van der Waals surface area contributed by atoms with Crippen LogP contribution in [0, 0.1) is 17.2 Å². The standard InChI is InChI=1S/C14H14F2N2O2/c15-14(16)5-6-18(8-12(14)9-19)13(20)11-3-1-10(7-17)2-4-11/h1-4,12,19H,5-6,8-9H2.